The number of urea groups is 1. The highest BCUT2D eigenvalue weighted by molar-refractivity contribution is 5.90. The van der Waals surface area contributed by atoms with Crippen LogP contribution in [0.3, 0.4) is 0 Å². The van der Waals surface area contributed by atoms with Gasteiger partial charge in [-0.25, -0.2) is 9.18 Å². The van der Waals surface area contributed by atoms with Crippen LogP contribution in [0.2, 0.25) is 0 Å². The molecule has 1 heterocycles. The van der Waals surface area contributed by atoms with Gasteiger partial charge in [0.1, 0.15) is 5.82 Å². The molecule has 1 aliphatic rings. The van der Waals surface area contributed by atoms with E-state index in [-0.39, 0.29) is 23.8 Å². The van der Waals surface area contributed by atoms with Crippen LogP contribution in [0.1, 0.15) is 31.2 Å². The van der Waals surface area contributed by atoms with E-state index in [1.165, 1.54) is 19.2 Å². The number of benzene rings is 2. The van der Waals surface area contributed by atoms with Gasteiger partial charge in [0.2, 0.25) is 0 Å². The minimum atomic E-state index is -0.503. The molecule has 1 fully saturated rings. The van der Waals surface area contributed by atoms with Crippen molar-refractivity contribution in [1.82, 2.24) is 9.88 Å². The number of rotatable bonds is 6. The Kier molecular flexibility index (Phi) is 6.30. The Bertz CT molecular complexity index is 1190. The van der Waals surface area contributed by atoms with E-state index in [0.717, 1.165) is 31.1 Å². The van der Waals surface area contributed by atoms with Crippen molar-refractivity contribution in [2.45, 2.75) is 38.3 Å². The number of anilines is 1. The van der Waals surface area contributed by atoms with Crippen molar-refractivity contribution in [3.8, 4) is 11.5 Å². The van der Waals surface area contributed by atoms with Gasteiger partial charge in [0.15, 0.2) is 11.5 Å². The van der Waals surface area contributed by atoms with Crippen LogP contribution in [0.5, 0.6) is 11.5 Å². The second-order valence-corrected chi connectivity index (χ2v) is 7.89. The topological polar surface area (TPSA) is 83.7 Å². The lowest BCUT2D eigenvalue weighted by molar-refractivity contribution is 0.184. The van der Waals surface area contributed by atoms with Gasteiger partial charge >= 0.3 is 6.03 Å². The number of nitrogens with one attached hydrogen (secondary N) is 2. The Balaban J connectivity index is 1.67. The maximum absolute atomic E-state index is 14.1. The highest BCUT2D eigenvalue weighted by atomic mass is 19.1. The standard InChI is InChI=1S/C24H26FN3O4/c1-31-21-12-15-11-16(23(29)26-20(15)13-22(21)32-2)14-28(17-7-3-4-8-17)24(30)27-19-10-6-5-9-18(19)25/h5-6,9-13,17H,3-4,7-8,14H2,1-2H3,(H,26,29)(H,27,30). The van der Waals surface area contributed by atoms with E-state index in [9.17, 15) is 14.0 Å². The lowest BCUT2D eigenvalue weighted by Crippen LogP contribution is -2.42. The average molecular weight is 439 g/mol. The number of hydrogen-bond acceptors (Lipinski definition) is 4. The second kappa shape index (κ2) is 9.30. The van der Waals surface area contributed by atoms with Gasteiger partial charge in [-0.05, 0) is 37.1 Å². The van der Waals surface area contributed by atoms with E-state index in [4.69, 9.17) is 9.47 Å². The smallest absolute Gasteiger partial charge is 0.322 e. The number of aromatic nitrogens is 1. The molecule has 0 atom stereocenters. The zero-order valence-corrected chi connectivity index (χ0v) is 18.1. The summed E-state index contributed by atoms with van der Waals surface area (Å²) >= 11 is 0. The molecular formula is C24H26FN3O4. The first-order valence-corrected chi connectivity index (χ1v) is 10.6. The minimum absolute atomic E-state index is 0.0118. The molecule has 2 aromatic carbocycles. The zero-order valence-electron chi connectivity index (χ0n) is 18.1. The van der Waals surface area contributed by atoms with Gasteiger partial charge in [0.05, 0.1) is 32.0 Å². The summed E-state index contributed by atoms with van der Waals surface area (Å²) in [5.74, 6) is 0.556. The van der Waals surface area contributed by atoms with Crippen LogP contribution in [-0.2, 0) is 6.54 Å². The van der Waals surface area contributed by atoms with Gasteiger partial charge < -0.3 is 24.7 Å². The number of nitrogens with zero attached hydrogens (tertiary/aromatic N) is 1. The molecule has 0 unspecified atom stereocenters. The molecule has 1 saturated carbocycles. The summed E-state index contributed by atoms with van der Waals surface area (Å²) in [5.41, 5.74) is 0.885. The van der Waals surface area contributed by atoms with E-state index >= 15 is 0 Å². The Morgan fingerprint density at radius 2 is 1.81 bits per heavy atom. The molecule has 1 aliphatic carbocycles. The first-order valence-electron chi connectivity index (χ1n) is 10.6. The molecule has 0 aliphatic heterocycles. The van der Waals surface area contributed by atoms with Gasteiger partial charge in [0, 0.05) is 23.1 Å². The zero-order chi connectivity index (χ0) is 22.7. The number of ether oxygens (including phenoxy) is 2. The molecule has 4 rings (SSSR count). The fraction of sp³-hybridized carbons (Fsp3) is 0.333. The van der Waals surface area contributed by atoms with Crippen molar-refractivity contribution < 1.29 is 18.7 Å². The number of aromatic amines is 1. The van der Waals surface area contributed by atoms with E-state index in [0.29, 0.717) is 22.6 Å². The maximum atomic E-state index is 14.1. The molecule has 7 nitrogen and oxygen atoms in total. The van der Waals surface area contributed by atoms with Crippen molar-refractivity contribution >= 4 is 22.6 Å². The molecule has 3 aromatic rings. The van der Waals surface area contributed by atoms with E-state index in [1.807, 2.05) is 0 Å². The van der Waals surface area contributed by atoms with Crippen LogP contribution < -0.4 is 20.3 Å². The summed E-state index contributed by atoms with van der Waals surface area (Å²) in [6.45, 7) is 0.116. The van der Waals surface area contributed by atoms with E-state index in [2.05, 4.69) is 10.3 Å². The summed E-state index contributed by atoms with van der Waals surface area (Å²) in [6.07, 6.45) is 3.72. The molecule has 0 bridgehead atoms. The summed E-state index contributed by atoms with van der Waals surface area (Å²) < 4.78 is 24.7. The monoisotopic (exact) mass is 439 g/mol. The molecular weight excluding hydrogens is 413 g/mol. The lowest BCUT2D eigenvalue weighted by Gasteiger charge is -2.29. The van der Waals surface area contributed by atoms with Gasteiger partial charge in [-0.15, -0.1) is 0 Å². The van der Waals surface area contributed by atoms with E-state index < -0.39 is 11.8 Å². The van der Waals surface area contributed by atoms with Gasteiger partial charge in [0.25, 0.3) is 5.56 Å². The first kappa shape index (κ1) is 21.7. The van der Waals surface area contributed by atoms with Crippen molar-refractivity contribution in [3.05, 3.63) is 64.2 Å². The molecule has 32 heavy (non-hydrogen) atoms. The van der Waals surface area contributed by atoms with Crippen LogP contribution in [0.15, 0.2) is 47.3 Å². The second-order valence-electron chi connectivity index (χ2n) is 7.89. The van der Waals surface area contributed by atoms with E-state index in [1.54, 1.807) is 42.3 Å². The summed E-state index contributed by atoms with van der Waals surface area (Å²) in [7, 11) is 3.08. The van der Waals surface area contributed by atoms with Crippen LogP contribution in [-0.4, -0.2) is 36.2 Å². The van der Waals surface area contributed by atoms with Crippen LogP contribution in [0.4, 0.5) is 14.9 Å². The number of pyridine rings is 1. The predicted octanol–water partition coefficient (Wildman–Crippen LogP) is 4.66. The number of hydrogen-bond donors (Lipinski definition) is 2. The SMILES string of the molecule is COc1cc2cc(CN(C(=O)Nc3ccccc3F)C3CCCC3)c(=O)[nH]c2cc1OC. The minimum Gasteiger partial charge on any atom is -0.493 e. The lowest BCUT2D eigenvalue weighted by atomic mass is 10.1. The number of halogens is 1. The molecule has 0 spiro atoms. The third-order valence-corrected chi connectivity index (χ3v) is 5.91. The van der Waals surface area contributed by atoms with Crippen molar-refractivity contribution in [3.63, 3.8) is 0 Å². The largest absolute Gasteiger partial charge is 0.493 e. The highest BCUT2D eigenvalue weighted by Crippen LogP contribution is 2.31. The maximum Gasteiger partial charge on any atom is 0.322 e. The van der Waals surface area contributed by atoms with Crippen molar-refractivity contribution in [2.75, 3.05) is 19.5 Å². The van der Waals surface area contributed by atoms with Crippen LogP contribution in [0.25, 0.3) is 10.9 Å². The average Bonchev–Trinajstić information content (AvgIpc) is 3.32. The van der Waals surface area contributed by atoms with Crippen LogP contribution in [0, 0.1) is 5.82 Å². The number of para-hydroxylation sites is 1. The van der Waals surface area contributed by atoms with Crippen molar-refractivity contribution in [2.24, 2.45) is 0 Å². The van der Waals surface area contributed by atoms with Crippen molar-refractivity contribution in [1.29, 1.82) is 0 Å². The summed E-state index contributed by atoms with van der Waals surface area (Å²) in [5, 5.41) is 3.42. The van der Waals surface area contributed by atoms with Crippen LogP contribution >= 0.6 is 0 Å². The quantitative estimate of drug-likeness (QED) is 0.585. The summed E-state index contributed by atoms with van der Waals surface area (Å²) in [6, 6.07) is 10.9. The van der Waals surface area contributed by atoms with Gasteiger partial charge in [-0.1, -0.05) is 25.0 Å². The predicted molar refractivity (Wildman–Crippen MR) is 121 cm³/mol. The molecule has 2 amide bonds. The Morgan fingerprint density at radius 1 is 1.12 bits per heavy atom. The Hall–Kier alpha value is -3.55. The Labute approximate surface area is 185 Å². The fourth-order valence-corrected chi connectivity index (χ4v) is 4.21. The highest BCUT2D eigenvalue weighted by Gasteiger charge is 2.28. The van der Waals surface area contributed by atoms with Gasteiger partial charge in [-0.3, -0.25) is 4.79 Å². The first-order chi connectivity index (χ1) is 15.5. The normalized spacial score (nSPS) is 13.8. The molecule has 2 N–H and O–H groups in total. The number of H-pyrrole nitrogens is 1. The van der Waals surface area contributed by atoms with Gasteiger partial charge in [-0.2, -0.15) is 0 Å². The summed E-state index contributed by atoms with van der Waals surface area (Å²) in [4.78, 5) is 30.4. The molecule has 168 valence electrons. The molecule has 0 radical (unpaired) electrons. The molecule has 0 saturated heterocycles. The molecule has 1 aromatic heterocycles. The third kappa shape index (κ3) is 4.39. The number of amides is 2. The molecule has 8 heteroatoms. The fourth-order valence-electron chi connectivity index (χ4n) is 4.21. The number of carbonyl (C=O) groups is 1. The number of methoxy groups -OCH3 is 2. The number of fused-ring (bicyclic) bond motifs is 1. The number of carbonyl (C=O) groups excluding carboxylic acids is 1. The Morgan fingerprint density at radius 3 is 2.50 bits per heavy atom. The third-order valence-electron chi connectivity index (χ3n) is 5.91.